The summed E-state index contributed by atoms with van der Waals surface area (Å²) in [6.45, 7) is 1.92. The van der Waals surface area contributed by atoms with Gasteiger partial charge < -0.3 is 4.74 Å². The van der Waals surface area contributed by atoms with Crippen LogP contribution in [0.25, 0.3) is 11.3 Å². The molecule has 0 saturated heterocycles. The molecular weight excluding hydrogens is 368 g/mol. The second kappa shape index (κ2) is 8.06. The van der Waals surface area contributed by atoms with Crippen molar-refractivity contribution in [2.24, 2.45) is 0 Å². The van der Waals surface area contributed by atoms with Crippen LogP contribution >= 0.6 is 11.3 Å². The van der Waals surface area contributed by atoms with Crippen molar-refractivity contribution in [3.05, 3.63) is 95.4 Å². The predicted molar refractivity (Wildman–Crippen MR) is 113 cm³/mol. The van der Waals surface area contributed by atoms with Gasteiger partial charge in [0.15, 0.2) is 5.13 Å². The number of rotatable bonds is 5. The maximum atomic E-state index is 12.4. The van der Waals surface area contributed by atoms with E-state index in [4.69, 9.17) is 4.74 Å². The summed E-state index contributed by atoms with van der Waals surface area (Å²) in [5.74, 6) is 1.41. The van der Waals surface area contributed by atoms with Gasteiger partial charge in [0.2, 0.25) is 0 Å². The zero-order valence-corrected chi connectivity index (χ0v) is 16.1. The highest BCUT2D eigenvalue weighted by Gasteiger charge is 2.11. The molecule has 1 amide bonds. The van der Waals surface area contributed by atoms with Gasteiger partial charge in [-0.3, -0.25) is 10.1 Å². The molecule has 4 nitrogen and oxygen atoms in total. The van der Waals surface area contributed by atoms with Crippen LogP contribution in [0.5, 0.6) is 11.5 Å². The molecule has 138 valence electrons. The highest BCUT2D eigenvalue weighted by molar-refractivity contribution is 7.14. The Labute approximate surface area is 167 Å². The Morgan fingerprint density at radius 3 is 2.32 bits per heavy atom. The number of thiazole rings is 1. The number of benzene rings is 3. The summed E-state index contributed by atoms with van der Waals surface area (Å²) < 4.78 is 5.81. The average molecular weight is 386 g/mol. The van der Waals surface area contributed by atoms with Gasteiger partial charge in [-0.15, -0.1) is 11.3 Å². The number of ether oxygens (including phenoxy) is 1. The summed E-state index contributed by atoms with van der Waals surface area (Å²) >= 11 is 1.41. The number of carbonyl (C=O) groups is 1. The lowest BCUT2D eigenvalue weighted by atomic mass is 10.1. The van der Waals surface area contributed by atoms with Crippen molar-refractivity contribution >= 4 is 22.4 Å². The van der Waals surface area contributed by atoms with Crippen LogP contribution in [0.4, 0.5) is 5.13 Å². The summed E-state index contributed by atoms with van der Waals surface area (Å²) in [5.41, 5.74) is 3.37. The molecule has 4 aromatic rings. The average Bonchev–Trinajstić information content (AvgIpc) is 3.18. The molecular formula is C23H18N2O2S. The highest BCUT2D eigenvalue weighted by atomic mass is 32.1. The van der Waals surface area contributed by atoms with E-state index < -0.39 is 0 Å². The molecule has 0 saturated carbocycles. The number of carbonyl (C=O) groups excluding carboxylic acids is 1. The molecule has 28 heavy (non-hydrogen) atoms. The fraction of sp³-hybridized carbons (Fsp3) is 0.0435. The minimum atomic E-state index is -0.148. The molecule has 0 bridgehead atoms. The molecule has 0 spiro atoms. The number of aryl methyl sites for hydroxylation is 1. The third-order valence-corrected chi connectivity index (χ3v) is 5.00. The number of hydrogen-bond acceptors (Lipinski definition) is 4. The van der Waals surface area contributed by atoms with Crippen molar-refractivity contribution in [3.8, 4) is 22.8 Å². The number of nitrogens with zero attached hydrogens (tertiary/aromatic N) is 1. The molecule has 0 radical (unpaired) electrons. The maximum absolute atomic E-state index is 12.4. The molecule has 1 heterocycles. The standard InChI is InChI=1S/C23H18N2O2S/c1-16-7-5-6-10-20(16)22(26)25-23-24-21(15-28-23)17-11-13-19(14-12-17)27-18-8-3-2-4-9-18/h2-15H,1H3,(H,24,25,26). The number of aromatic nitrogens is 1. The monoisotopic (exact) mass is 386 g/mol. The first-order valence-electron chi connectivity index (χ1n) is 8.85. The predicted octanol–water partition coefficient (Wildman–Crippen LogP) is 6.16. The van der Waals surface area contributed by atoms with Crippen LogP contribution in [0, 0.1) is 6.92 Å². The highest BCUT2D eigenvalue weighted by Crippen LogP contribution is 2.28. The van der Waals surface area contributed by atoms with Crippen LogP contribution in [-0.4, -0.2) is 10.9 Å². The Morgan fingerprint density at radius 2 is 1.57 bits per heavy atom. The molecule has 0 aliphatic carbocycles. The van der Waals surface area contributed by atoms with E-state index in [0.29, 0.717) is 10.7 Å². The van der Waals surface area contributed by atoms with Gasteiger partial charge in [-0.05, 0) is 55.0 Å². The smallest absolute Gasteiger partial charge is 0.257 e. The molecule has 0 aliphatic heterocycles. The van der Waals surface area contributed by atoms with Gasteiger partial charge in [0, 0.05) is 16.5 Å². The first-order valence-corrected chi connectivity index (χ1v) is 9.73. The Bertz CT molecular complexity index is 1090. The molecule has 1 N–H and O–H groups in total. The largest absolute Gasteiger partial charge is 0.457 e. The van der Waals surface area contributed by atoms with E-state index in [1.54, 1.807) is 0 Å². The van der Waals surface area contributed by atoms with E-state index in [9.17, 15) is 4.79 Å². The molecule has 4 rings (SSSR count). The van der Waals surface area contributed by atoms with Crippen molar-refractivity contribution < 1.29 is 9.53 Å². The second-order valence-corrected chi connectivity index (χ2v) is 7.10. The van der Waals surface area contributed by atoms with Crippen LogP contribution in [0.1, 0.15) is 15.9 Å². The molecule has 0 atom stereocenters. The Hall–Kier alpha value is -3.44. The summed E-state index contributed by atoms with van der Waals surface area (Å²) in [5, 5.41) is 5.38. The normalized spacial score (nSPS) is 10.5. The van der Waals surface area contributed by atoms with Crippen molar-refractivity contribution in [2.45, 2.75) is 6.92 Å². The van der Waals surface area contributed by atoms with E-state index in [0.717, 1.165) is 28.3 Å². The van der Waals surface area contributed by atoms with Gasteiger partial charge in [-0.1, -0.05) is 36.4 Å². The van der Waals surface area contributed by atoms with Crippen LogP contribution < -0.4 is 10.1 Å². The maximum Gasteiger partial charge on any atom is 0.257 e. The van der Waals surface area contributed by atoms with E-state index >= 15 is 0 Å². The second-order valence-electron chi connectivity index (χ2n) is 6.25. The zero-order valence-electron chi connectivity index (χ0n) is 15.3. The van der Waals surface area contributed by atoms with Crippen LogP contribution in [0.2, 0.25) is 0 Å². The third kappa shape index (κ3) is 4.10. The van der Waals surface area contributed by atoms with Crippen molar-refractivity contribution in [3.63, 3.8) is 0 Å². The van der Waals surface area contributed by atoms with Crippen molar-refractivity contribution in [1.29, 1.82) is 0 Å². The molecule has 0 fully saturated rings. The topological polar surface area (TPSA) is 51.2 Å². The molecule has 0 unspecified atom stereocenters. The summed E-state index contributed by atoms with van der Waals surface area (Å²) in [4.78, 5) is 17.0. The summed E-state index contributed by atoms with van der Waals surface area (Å²) in [6, 6.07) is 24.9. The fourth-order valence-corrected chi connectivity index (χ4v) is 3.49. The minimum absolute atomic E-state index is 0.148. The van der Waals surface area contributed by atoms with E-state index in [1.807, 2.05) is 91.2 Å². The van der Waals surface area contributed by atoms with Crippen molar-refractivity contribution in [1.82, 2.24) is 4.98 Å². The third-order valence-electron chi connectivity index (χ3n) is 4.24. The first-order chi connectivity index (χ1) is 13.7. The summed E-state index contributed by atoms with van der Waals surface area (Å²) in [7, 11) is 0. The lowest BCUT2D eigenvalue weighted by Crippen LogP contribution is -2.12. The van der Waals surface area contributed by atoms with Crippen LogP contribution in [0.15, 0.2) is 84.2 Å². The number of nitrogens with one attached hydrogen (secondary N) is 1. The Balaban J connectivity index is 1.45. The molecule has 1 aromatic heterocycles. The lowest BCUT2D eigenvalue weighted by molar-refractivity contribution is 0.102. The number of para-hydroxylation sites is 1. The number of anilines is 1. The minimum Gasteiger partial charge on any atom is -0.457 e. The van der Waals surface area contributed by atoms with Crippen molar-refractivity contribution in [2.75, 3.05) is 5.32 Å². The van der Waals surface area contributed by atoms with E-state index in [1.165, 1.54) is 11.3 Å². The van der Waals surface area contributed by atoms with E-state index in [2.05, 4.69) is 10.3 Å². The number of amides is 1. The summed E-state index contributed by atoms with van der Waals surface area (Å²) in [6.07, 6.45) is 0. The molecule has 0 aliphatic rings. The molecule has 5 heteroatoms. The van der Waals surface area contributed by atoms with Gasteiger partial charge in [0.1, 0.15) is 11.5 Å². The van der Waals surface area contributed by atoms with Gasteiger partial charge in [0.25, 0.3) is 5.91 Å². The van der Waals surface area contributed by atoms with Crippen LogP contribution in [-0.2, 0) is 0 Å². The van der Waals surface area contributed by atoms with Crippen LogP contribution in [0.3, 0.4) is 0 Å². The zero-order chi connectivity index (χ0) is 19.3. The Kier molecular flexibility index (Phi) is 5.17. The Morgan fingerprint density at radius 1 is 0.893 bits per heavy atom. The first kappa shape index (κ1) is 17.9. The van der Waals surface area contributed by atoms with Gasteiger partial charge in [0.05, 0.1) is 5.69 Å². The van der Waals surface area contributed by atoms with E-state index in [-0.39, 0.29) is 5.91 Å². The fourth-order valence-electron chi connectivity index (χ4n) is 2.77. The van der Waals surface area contributed by atoms with Gasteiger partial charge in [-0.25, -0.2) is 4.98 Å². The SMILES string of the molecule is Cc1ccccc1C(=O)Nc1nc(-c2ccc(Oc3ccccc3)cc2)cs1. The number of hydrogen-bond donors (Lipinski definition) is 1. The molecule has 3 aromatic carbocycles. The van der Waals surface area contributed by atoms with Gasteiger partial charge in [-0.2, -0.15) is 0 Å². The van der Waals surface area contributed by atoms with Gasteiger partial charge >= 0.3 is 0 Å². The lowest BCUT2D eigenvalue weighted by Gasteiger charge is -2.06. The quantitative estimate of drug-likeness (QED) is 0.447.